The first kappa shape index (κ1) is 15.3. The zero-order valence-corrected chi connectivity index (χ0v) is 12.6. The molecule has 1 aliphatic carbocycles. The van der Waals surface area contributed by atoms with E-state index in [1.807, 2.05) is 6.92 Å². The Morgan fingerprint density at radius 2 is 2.15 bits per heavy atom. The highest BCUT2D eigenvalue weighted by atomic mass is 32.2. The third-order valence-electron chi connectivity index (χ3n) is 3.40. The van der Waals surface area contributed by atoms with Crippen LogP contribution in [0.2, 0.25) is 0 Å². The average molecular weight is 298 g/mol. The SMILES string of the molecule is CCOc1ccc(S(=O)(=O)NCCC2CC2)cc1CN. The number of hydrogen-bond acceptors (Lipinski definition) is 4. The van der Waals surface area contributed by atoms with E-state index in [1.54, 1.807) is 18.2 Å². The minimum atomic E-state index is -3.45. The zero-order valence-electron chi connectivity index (χ0n) is 11.8. The number of sulfonamides is 1. The van der Waals surface area contributed by atoms with Crippen molar-refractivity contribution in [3.8, 4) is 5.75 Å². The molecule has 0 amide bonds. The molecular weight excluding hydrogens is 276 g/mol. The lowest BCUT2D eigenvalue weighted by molar-refractivity contribution is 0.336. The predicted molar refractivity (Wildman–Crippen MR) is 78.0 cm³/mol. The topological polar surface area (TPSA) is 81.4 Å². The summed E-state index contributed by atoms with van der Waals surface area (Å²) >= 11 is 0. The lowest BCUT2D eigenvalue weighted by atomic mass is 10.2. The molecule has 0 aliphatic heterocycles. The van der Waals surface area contributed by atoms with Gasteiger partial charge in [-0.25, -0.2) is 13.1 Å². The van der Waals surface area contributed by atoms with Crippen molar-refractivity contribution in [1.29, 1.82) is 0 Å². The maximum atomic E-state index is 12.2. The van der Waals surface area contributed by atoms with Crippen molar-refractivity contribution in [2.24, 2.45) is 11.7 Å². The molecule has 0 radical (unpaired) electrons. The maximum absolute atomic E-state index is 12.2. The largest absolute Gasteiger partial charge is 0.494 e. The number of nitrogens with one attached hydrogen (secondary N) is 1. The lowest BCUT2D eigenvalue weighted by Crippen LogP contribution is -2.25. The Hall–Kier alpha value is -1.11. The predicted octanol–water partition coefficient (Wildman–Crippen LogP) is 1.62. The highest BCUT2D eigenvalue weighted by molar-refractivity contribution is 7.89. The minimum absolute atomic E-state index is 0.247. The first-order valence-corrected chi connectivity index (χ1v) is 8.50. The van der Waals surface area contributed by atoms with Crippen LogP contribution in [0.1, 0.15) is 31.7 Å². The monoisotopic (exact) mass is 298 g/mol. The van der Waals surface area contributed by atoms with Gasteiger partial charge < -0.3 is 10.5 Å². The zero-order chi connectivity index (χ0) is 14.6. The second-order valence-electron chi connectivity index (χ2n) is 5.04. The number of rotatable bonds is 8. The standard InChI is InChI=1S/C14H22N2O3S/c1-2-19-14-6-5-13(9-12(14)10-15)20(17,18)16-8-7-11-3-4-11/h5-6,9,11,16H,2-4,7-8,10,15H2,1H3. The van der Waals surface area contributed by atoms with Crippen molar-refractivity contribution in [2.75, 3.05) is 13.2 Å². The molecule has 3 N–H and O–H groups in total. The molecule has 1 saturated carbocycles. The van der Waals surface area contributed by atoms with Crippen LogP contribution in [-0.2, 0) is 16.6 Å². The Balaban J connectivity index is 2.09. The summed E-state index contributed by atoms with van der Waals surface area (Å²) < 4.78 is 32.4. The second kappa shape index (κ2) is 6.56. The van der Waals surface area contributed by atoms with Gasteiger partial charge in [0.25, 0.3) is 0 Å². The first-order valence-electron chi connectivity index (χ1n) is 7.02. The average Bonchev–Trinajstić information content (AvgIpc) is 3.23. The third-order valence-corrected chi connectivity index (χ3v) is 4.86. The quantitative estimate of drug-likeness (QED) is 0.764. The van der Waals surface area contributed by atoms with Crippen molar-refractivity contribution in [3.05, 3.63) is 23.8 Å². The molecule has 1 aliphatic rings. The van der Waals surface area contributed by atoms with E-state index >= 15 is 0 Å². The molecule has 0 unspecified atom stereocenters. The van der Waals surface area contributed by atoms with Crippen molar-refractivity contribution < 1.29 is 13.2 Å². The molecule has 1 fully saturated rings. The van der Waals surface area contributed by atoms with E-state index in [1.165, 1.54) is 12.8 Å². The highest BCUT2D eigenvalue weighted by Gasteiger charge is 2.22. The summed E-state index contributed by atoms with van der Waals surface area (Å²) in [7, 11) is -3.45. The van der Waals surface area contributed by atoms with Crippen LogP contribution in [0, 0.1) is 5.92 Å². The molecule has 20 heavy (non-hydrogen) atoms. The van der Waals surface area contributed by atoms with E-state index < -0.39 is 10.0 Å². The van der Waals surface area contributed by atoms with E-state index in [9.17, 15) is 8.42 Å². The summed E-state index contributed by atoms with van der Waals surface area (Å²) in [5.74, 6) is 1.35. The molecule has 0 saturated heterocycles. The molecular formula is C14H22N2O3S. The van der Waals surface area contributed by atoms with Gasteiger partial charge in [-0.2, -0.15) is 0 Å². The van der Waals surface area contributed by atoms with Crippen molar-refractivity contribution in [1.82, 2.24) is 4.72 Å². The number of hydrogen-bond donors (Lipinski definition) is 2. The van der Waals surface area contributed by atoms with Gasteiger partial charge >= 0.3 is 0 Å². The summed E-state index contributed by atoms with van der Waals surface area (Å²) in [6.45, 7) is 3.15. The summed E-state index contributed by atoms with van der Waals surface area (Å²) in [6, 6.07) is 4.81. The van der Waals surface area contributed by atoms with Crippen LogP contribution < -0.4 is 15.2 Å². The first-order chi connectivity index (χ1) is 9.56. The van der Waals surface area contributed by atoms with E-state index in [0.29, 0.717) is 30.4 Å². The molecule has 5 nitrogen and oxygen atoms in total. The fourth-order valence-electron chi connectivity index (χ4n) is 2.07. The third kappa shape index (κ3) is 3.94. The van der Waals surface area contributed by atoms with Crippen molar-refractivity contribution >= 4 is 10.0 Å². The molecule has 0 spiro atoms. The van der Waals surface area contributed by atoms with Gasteiger partial charge in [-0.05, 0) is 37.5 Å². The Bertz CT molecular complexity index is 554. The number of benzene rings is 1. The van der Waals surface area contributed by atoms with Gasteiger partial charge in [-0.3, -0.25) is 0 Å². The second-order valence-corrected chi connectivity index (χ2v) is 6.80. The normalized spacial score (nSPS) is 15.3. The number of ether oxygens (including phenoxy) is 1. The molecule has 1 aromatic rings. The highest BCUT2D eigenvalue weighted by Crippen LogP contribution is 2.31. The van der Waals surface area contributed by atoms with Crippen LogP contribution in [0.4, 0.5) is 0 Å². The summed E-state index contributed by atoms with van der Waals surface area (Å²) in [5.41, 5.74) is 6.35. The summed E-state index contributed by atoms with van der Waals surface area (Å²) in [4.78, 5) is 0.247. The molecule has 6 heteroatoms. The van der Waals surface area contributed by atoms with Crippen LogP contribution in [0.25, 0.3) is 0 Å². The molecule has 0 bridgehead atoms. The van der Waals surface area contributed by atoms with Crippen LogP contribution in [0.3, 0.4) is 0 Å². The molecule has 2 rings (SSSR count). The summed E-state index contributed by atoms with van der Waals surface area (Å²) in [5, 5.41) is 0. The Kier molecular flexibility index (Phi) is 5.01. The Morgan fingerprint density at radius 1 is 1.40 bits per heavy atom. The maximum Gasteiger partial charge on any atom is 0.240 e. The molecule has 0 heterocycles. The van der Waals surface area contributed by atoms with Crippen LogP contribution >= 0.6 is 0 Å². The van der Waals surface area contributed by atoms with Gasteiger partial charge in [0.15, 0.2) is 0 Å². The van der Waals surface area contributed by atoms with Crippen molar-refractivity contribution in [2.45, 2.75) is 37.6 Å². The van der Waals surface area contributed by atoms with E-state index in [-0.39, 0.29) is 11.4 Å². The van der Waals surface area contributed by atoms with Gasteiger partial charge in [0, 0.05) is 18.7 Å². The van der Waals surface area contributed by atoms with Gasteiger partial charge in [0.05, 0.1) is 11.5 Å². The summed E-state index contributed by atoms with van der Waals surface area (Å²) in [6.07, 6.45) is 3.37. The fourth-order valence-corrected chi connectivity index (χ4v) is 3.16. The van der Waals surface area contributed by atoms with Crippen molar-refractivity contribution in [3.63, 3.8) is 0 Å². The Labute approximate surface area is 120 Å². The molecule has 0 aromatic heterocycles. The molecule has 0 atom stereocenters. The van der Waals surface area contributed by atoms with Crippen LogP contribution in [-0.4, -0.2) is 21.6 Å². The van der Waals surface area contributed by atoms with E-state index in [0.717, 1.165) is 6.42 Å². The lowest BCUT2D eigenvalue weighted by Gasteiger charge is -2.12. The van der Waals surface area contributed by atoms with Gasteiger partial charge in [-0.15, -0.1) is 0 Å². The van der Waals surface area contributed by atoms with Crippen LogP contribution in [0.5, 0.6) is 5.75 Å². The van der Waals surface area contributed by atoms with Gasteiger partial charge in [0.2, 0.25) is 10.0 Å². The molecule has 112 valence electrons. The van der Waals surface area contributed by atoms with Gasteiger partial charge in [-0.1, -0.05) is 12.8 Å². The van der Waals surface area contributed by atoms with Crippen LogP contribution in [0.15, 0.2) is 23.1 Å². The smallest absolute Gasteiger partial charge is 0.240 e. The van der Waals surface area contributed by atoms with E-state index in [4.69, 9.17) is 10.5 Å². The Morgan fingerprint density at radius 3 is 2.75 bits per heavy atom. The minimum Gasteiger partial charge on any atom is -0.494 e. The number of nitrogens with two attached hydrogens (primary N) is 1. The molecule has 1 aromatic carbocycles. The fraction of sp³-hybridized carbons (Fsp3) is 0.571. The van der Waals surface area contributed by atoms with Gasteiger partial charge in [0.1, 0.15) is 5.75 Å². The van der Waals surface area contributed by atoms with E-state index in [2.05, 4.69) is 4.72 Å².